The highest BCUT2D eigenvalue weighted by Gasteiger charge is 2.34. The summed E-state index contributed by atoms with van der Waals surface area (Å²) in [5, 5.41) is 11.5. The number of alkyl halides is 3. The summed E-state index contributed by atoms with van der Waals surface area (Å²) in [6.07, 6.45) is -1.02. The highest BCUT2D eigenvalue weighted by atomic mass is 31.2. The monoisotopic (exact) mass is 604 g/mol. The van der Waals surface area contributed by atoms with Gasteiger partial charge in [0, 0.05) is 43.8 Å². The number of likely N-dealkylation sites (tertiary alicyclic amines) is 1. The molecule has 2 fully saturated rings. The average molecular weight is 605 g/mol. The average Bonchev–Trinajstić information content (AvgIpc) is 3.29. The van der Waals surface area contributed by atoms with E-state index in [-0.39, 0.29) is 12.0 Å². The minimum Gasteiger partial charge on any atom is -0.386 e. The van der Waals surface area contributed by atoms with Crippen LogP contribution in [0.2, 0.25) is 0 Å². The number of hydrogen-bond acceptors (Lipinski definition) is 5. The van der Waals surface area contributed by atoms with E-state index in [4.69, 9.17) is 0 Å². The number of hydrogen-bond donors (Lipinski definition) is 3. The lowest BCUT2D eigenvalue weighted by Gasteiger charge is -2.35. The zero-order valence-corrected chi connectivity index (χ0v) is 25.1. The van der Waals surface area contributed by atoms with Gasteiger partial charge in [0.2, 0.25) is 0 Å². The molecule has 8 nitrogen and oxygen atoms in total. The zero-order valence-electron chi connectivity index (χ0n) is 24.2. The SMILES string of the molecule is C=C(C)NC1CCN(P(=O)(O)c2cccc(CN3CCC(c4ccc5c(NC)nn(CC(F)(F)F)c5c4)CC3)c2)CC1. The van der Waals surface area contributed by atoms with Gasteiger partial charge in [0.15, 0.2) is 5.82 Å². The molecule has 0 bridgehead atoms. The second-order valence-electron chi connectivity index (χ2n) is 11.6. The first kappa shape index (κ1) is 30.6. The first-order chi connectivity index (χ1) is 19.9. The highest BCUT2D eigenvalue weighted by molar-refractivity contribution is 7.63. The first-order valence-corrected chi connectivity index (χ1v) is 16.1. The molecule has 3 aromatic rings. The highest BCUT2D eigenvalue weighted by Crippen LogP contribution is 2.45. The van der Waals surface area contributed by atoms with Crippen molar-refractivity contribution in [3.63, 3.8) is 0 Å². The van der Waals surface area contributed by atoms with Crippen LogP contribution in [0.4, 0.5) is 19.0 Å². The number of allylic oxidation sites excluding steroid dienone is 1. The van der Waals surface area contributed by atoms with Gasteiger partial charge in [-0.05, 0) is 87.0 Å². The molecule has 2 saturated heterocycles. The van der Waals surface area contributed by atoms with Gasteiger partial charge >= 0.3 is 6.18 Å². The van der Waals surface area contributed by atoms with Gasteiger partial charge in [0.1, 0.15) is 6.54 Å². The quantitative estimate of drug-likeness (QED) is 0.282. The second kappa shape index (κ2) is 12.4. The summed E-state index contributed by atoms with van der Waals surface area (Å²) in [7, 11) is -2.01. The van der Waals surface area contributed by atoms with E-state index in [9.17, 15) is 22.6 Å². The van der Waals surface area contributed by atoms with Crippen molar-refractivity contribution in [2.45, 2.75) is 63.8 Å². The number of aromatic nitrogens is 2. The molecule has 0 spiro atoms. The molecule has 0 amide bonds. The van der Waals surface area contributed by atoms with Crippen LogP contribution in [0.5, 0.6) is 0 Å². The van der Waals surface area contributed by atoms with Crippen molar-refractivity contribution in [1.82, 2.24) is 24.7 Å². The summed E-state index contributed by atoms with van der Waals surface area (Å²) < 4.78 is 55.8. The summed E-state index contributed by atoms with van der Waals surface area (Å²) >= 11 is 0. The molecule has 2 aliphatic heterocycles. The Bertz CT molecular complexity index is 1460. The number of benzene rings is 2. The van der Waals surface area contributed by atoms with Crippen molar-refractivity contribution in [2.75, 3.05) is 38.5 Å². The summed E-state index contributed by atoms with van der Waals surface area (Å²) in [5.74, 6) is 0.679. The normalized spacial score (nSPS) is 19.6. The van der Waals surface area contributed by atoms with Crippen LogP contribution in [0.1, 0.15) is 49.7 Å². The van der Waals surface area contributed by atoms with Crippen LogP contribution in [-0.4, -0.2) is 69.7 Å². The van der Waals surface area contributed by atoms with E-state index in [0.29, 0.717) is 41.7 Å². The number of anilines is 1. The fourth-order valence-electron chi connectivity index (χ4n) is 6.23. The maximum atomic E-state index is 13.5. The van der Waals surface area contributed by atoms with Crippen molar-refractivity contribution in [1.29, 1.82) is 0 Å². The number of halogens is 3. The topological polar surface area (TPSA) is 85.7 Å². The Balaban J connectivity index is 1.21. The Kier molecular flexibility index (Phi) is 9.04. The van der Waals surface area contributed by atoms with Gasteiger partial charge in [-0.2, -0.15) is 18.3 Å². The molecular weight excluding hydrogens is 564 g/mol. The van der Waals surface area contributed by atoms with Crippen LogP contribution >= 0.6 is 7.52 Å². The van der Waals surface area contributed by atoms with Crippen LogP contribution in [-0.2, 0) is 17.7 Å². The Hall–Kier alpha value is -2.85. The summed E-state index contributed by atoms with van der Waals surface area (Å²) in [4.78, 5) is 13.4. The van der Waals surface area contributed by atoms with Crippen LogP contribution in [0.15, 0.2) is 54.7 Å². The molecule has 0 saturated carbocycles. The van der Waals surface area contributed by atoms with Gasteiger partial charge in [0.25, 0.3) is 7.52 Å². The Morgan fingerprint density at radius 2 is 1.81 bits per heavy atom. The molecule has 3 heterocycles. The molecule has 0 radical (unpaired) electrons. The molecule has 12 heteroatoms. The van der Waals surface area contributed by atoms with Gasteiger partial charge in [-0.25, -0.2) is 4.67 Å². The van der Waals surface area contributed by atoms with E-state index in [2.05, 4.69) is 27.2 Å². The summed E-state index contributed by atoms with van der Waals surface area (Å²) in [6, 6.07) is 13.5. The number of piperidine rings is 2. The van der Waals surface area contributed by atoms with Crippen LogP contribution in [0, 0.1) is 0 Å². The van der Waals surface area contributed by atoms with E-state index in [1.165, 1.54) is 0 Å². The maximum Gasteiger partial charge on any atom is 0.408 e. The summed E-state index contributed by atoms with van der Waals surface area (Å²) in [5.41, 5.74) is 3.42. The molecule has 1 aromatic heterocycles. The van der Waals surface area contributed by atoms with Gasteiger partial charge in [0.05, 0.1) is 10.8 Å². The minimum absolute atomic E-state index is 0.240. The molecule has 42 heavy (non-hydrogen) atoms. The van der Waals surface area contributed by atoms with E-state index < -0.39 is 20.2 Å². The van der Waals surface area contributed by atoms with Crippen molar-refractivity contribution in [3.05, 3.63) is 65.9 Å². The largest absolute Gasteiger partial charge is 0.408 e. The third-order valence-electron chi connectivity index (χ3n) is 8.36. The minimum atomic E-state index is -4.36. The lowest BCUT2D eigenvalue weighted by molar-refractivity contribution is -0.141. The van der Waals surface area contributed by atoms with Crippen molar-refractivity contribution < 1.29 is 22.6 Å². The third-order valence-corrected chi connectivity index (χ3v) is 10.5. The fourth-order valence-corrected chi connectivity index (χ4v) is 7.95. The van der Waals surface area contributed by atoms with E-state index in [0.717, 1.165) is 60.3 Å². The zero-order chi connectivity index (χ0) is 30.1. The third kappa shape index (κ3) is 7.02. The molecule has 3 N–H and O–H groups in total. The first-order valence-electron chi connectivity index (χ1n) is 14.5. The molecule has 1 atom stereocenters. The lowest BCUT2D eigenvalue weighted by atomic mass is 9.89. The molecular formula is C30H40F3N6O2P. The van der Waals surface area contributed by atoms with E-state index >= 15 is 0 Å². The van der Waals surface area contributed by atoms with Gasteiger partial charge in [-0.15, -0.1) is 0 Å². The predicted octanol–water partition coefficient (Wildman–Crippen LogP) is 5.42. The summed E-state index contributed by atoms with van der Waals surface area (Å²) in [6.45, 7) is 8.13. The molecule has 2 aliphatic rings. The van der Waals surface area contributed by atoms with Gasteiger partial charge in [-0.1, -0.05) is 24.8 Å². The number of nitrogens with one attached hydrogen (secondary N) is 2. The standard InChI is InChI=1S/C30H40F3N6O2P/c1-21(2)35-25-11-15-38(16-12-25)42(40,41)26-6-4-5-22(17-26)19-37-13-9-23(10-14-37)24-7-8-27-28(18-24)39(20-30(31,32)33)36-29(27)34-3/h4-8,17-18,23,25,35H,1,9-16,19-20H2,2-3H3,(H,34,36)(H,40,41). The Labute approximate surface area is 245 Å². The van der Waals surface area contributed by atoms with Crippen LogP contribution in [0.25, 0.3) is 10.9 Å². The molecule has 2 aromatic carbocycles. The second-order valence-corrected chi connectivity index (χ2v) is 13.7. The van der Waals surface area contributed by atoms with Crippen molar-refractivity contribution >= 4 is 29.5 Å². The molecule has 0 aliphatic carbocycles. The van der Waals surface area contributed by atoms with Crippen LogP contribution in [0.3, 0.4) is 0 Å². The Morgan fingerprint density at radius 1 is 1.10 bits per heavy atom. The van der Waals surface area contributed by atoms with Gasteiger partial charge < -0.3 is 15.5 Å². The van der Waals surface area contributed by atoms with Gasteiger partial charge in [-0.3, -0.25) is 14.1 Å². The molecule has 5 rings (SSSR count). The smallest absolute Gasteiger partial charge is 0.386 e. The number of nitrogens with zero attached hydrogens (tertiary/aromatic N) is 4. The van der Waals surface area contributed by atoms with Crippen LogP contribution < -0.4 is 15.9 Å². The lowest BCUT2D eigenvalue weighted by Crippen LogP contribution is -2.41. The maximum absolute atomic E-state index is 13.5. The number of rotatable bonds is 9. The van der Waals surface area contributed by atoms with E-state index in [1.807, 2.05) is 43.3 Å². The molecule has 1 unspecified atom stereocenters. The number of fused-ring (bicyclic) bond motifs is 1. The van der Waals surface area contributed by atoms with E-state index in [1.54, 1.807) is 17.8 Å². The van der Waals surface area contributed by atoms with Crippen molar-refractivity contribution in [2.24, 2.45) is 0 Å². The predicted molar refractivity (Wildman–Crippen MR) is 161 cm³/mol. The fraction of sp³-hybridized carbons (Fsp3) is 0.500. The van der Waals surface area contributed by atoms with Crippen molar-refractivity contribution in [3.8, 4) is 0 Å². The Morgan fingerprint density at radius 3 is 2.45 bits per heavy atom. The molecule has 228 valence electrons.